The summed E-state index contributed by atoms with van der Waals surface area (Å²) in [4.78, 5) is 13.5. The predicted molar refractivity (Wildman–Crippen MR) is 115 cm³/mol. The van der Waals surface area contributed by atoms with E-state index < -0.39 is 0 Å². The van der Waals surface area contributed by atoms with E-state index in [1.165, 1.54) is 0 Å². The van der Waals surface area contributed by atoms with Gasteiger partial charge in [0, 0.05) is 51.7 Å². The molecule has 2 heterocycles. The van der Waals surface area contributed by atoms with E-state index in [1.807, 2.05) is 26.0 Å². The molecule has 0 aliphatic carbocycles. The summed E-state index contributed by atoms with van der Waals surface area (Å²) in [7, 11) is 5.85. The molecule has 0 bridgehead atoms. The van der Waals surface area contributed by atoms with Crippen LogP contribution in [-0.4, -0.2) is 62.2 Å². The van der Waals surface area contributed by atoms with Gasteiger partial charge in [0.1, 0.15) is 0 Å². The van der Waals surface area contributed by atoms with Gasteiger partial charge in [-0.15, -0.1) is 35.3 Å². The van der Waals surface area contributed by atoms with Crippen LogP contribution < -0.4 is 15.5 Å². The minimum Gasteiger partial charge on any atom is -0.354 e. The van der Waals surface area contributed by atoms with Crippen LogP contribution in [0.5, 0.6) is 0 Å². The van der Waals surface area contributed by atoms with E-state index in [1.54, 1.807) is 11.3 Å². The number of nitrogens with one attached hydrogen (secondary N) is 2. The first-order valence-electron chi connectivity index (χ1n) is 8.23. The maximum Gasteiger partial charge on any atom is 0.191 e. The first kappa shape index (κ1) is 21.4. The molecular formula is C16H31IN6S. The highest BCUT2D eigenvalue weighted by Crippen LogP contribution is 2.19. The Labute approximate surface area is 167 Å². The standard InChI is InChI=1S/C16H30N6S.HI/c1-11(2)22-8-12(3)14(9-22)20-15(17-4)18-7-13-10-23-16(19-13)21(5)6;/h10-12,14H,7-9H2,1-6H3,(H2,17,18,20);1H. The van der Waals surface area contributed by atoms with Gasteiger partial charge in [0.05, 0.1) is 12.2 Å². The highest BCUT2D eigenvalue weighted by Gasteiger charge is 2.31. The van der Waals surface area contributed by atoms with E-state index >= 15 is 0 Å². The van der Waals surface area contributed by atoms with Crippen LogP contribution in [0.1, 0.15) is 26.5 Å². The van der Waals surface area contributed by atoms with Crippen LogP contribution in [-0.2, 0) is 6.54 Å². The Morgan fingerprint density at radius 2 is 2.17 bits per heavy atom. The van der Waals surface area contributed by atoms with Crippen molar-refractivity contribution in [3.63, 3.8) is 0 Å². The van der Waals surface area contributed by atoms with Crippen molar-refractivity contribution in [1.82, 2.24) is 20.5 Å². The summed E-state index contributed by atoms with van der Waals surface area (Å²) in [5.41, 5.74) is 1.05. The van der Waals surface area contributed by atoms with E-state index in [0.717, 1.165) is 29.9 Å². The molecule has 2 atom stereocenters. The van der Waals surface area contributed by atoms with Crippen LogP contribution in [0.4, 0.5) is 5.13 Å². The Bertz CT molecular complexity index is 530. The second-order valence-corrected chi connectivity index (χ2v) is 7.55. The molecule has 1 saturated heterocycles. The zero-order chi connectivity index (χ0) is 17.0. The molecule has 0 spiro atoms. The van der Waals surface area contributed by atoms with Crippen LogP contribution in [0, 0.1) is 5.92 Å². The number of anilines is 1. The molecule has 1 fully saturated rings. The van der Waals surface area contributed by atoms with E-state index in [0.29, 0.717) is 24.5 Å². The molecule has 2 rings (SSSR count). The second-order valence-electron chi connectivity index (χ2n) is 6.72. The second kappa shape index (κ2) is 9.76. The number of hydrogen-bond donors (Lipinski definition) is 2. The zero-order valence-corrected chi connectivity index (χ0v) is 18.7. The number of thiazole rings is 1. The first-order chi connectivity index (χ1) is 10.9. The lowest BCUT2D eigenvalue weighted by molar-refractivity contribution is 0.265. The highest BCUT2D eigenvalue weighted by atomic mass is 127. The Morgan fingerprint density at radius 1 is 1.46 bits per heavy atom. The number of likely N-dealkylation sites (tertiary alicyclic amines) is 1. The number of rotatable bonds is 5. The topological polar surface area (TPSA) is 55.8 Å². The summed E-state index contributed by atoms with van der Waals surface area (Å²) in [5.74, 6) is 1.47. The number of hydrogen-bond acceptors (Lipinski definition) is 5. The van der Waals surface area contributed by atoms with Gasteiger partial charge in [0.15, 0.2) is 11.1 Å². The number of nitrogens with zero attached hydrogens (tertiary/aromatic N) is 4. The maximum atomic E-state index is 4.59. The van der Waals surface area contributed by atoms with E-state index in [2.05, 4.69) is 51.7 Å². The van der Waals surface area contributed by atoms with E-state index in [4.69, 9.17) is 0 Å². The van der Waals surface area contributed by atoms with E-state index in [-0.39, 0.29) is 24.0 Å². The van der Waals surface area contributed by atoms with Gasteiger partial charge in [0.25, 0.3) is 0 Å². The van der Waals surface area contributed by atoms with Crippen molar-refractivity contribution in [1.29, 1.82) is 0 Å². The molecule has 0 amide bonds. The molecule has 2 unspecified atom stereocenters. The van der Waals surface area contributed by atoms with Crippen LogP contribution >= 0.6 is 35.3 Å². The highest BCUT2D eigenvalue weighted by molar-refractivity contribution is 14.0. The van der Waals surface area contributed by atoms with Crippen LogP contribution in [0.15, 0.2) is 10.4 Å². The van der Waals surface area contributed by atoms with Gasteiger partial charge < -0.3 is 15.5 Å². The molecule has 1 aromatic rings. The third-order valence-electron chi connectivity index (χ3n) is 4.28. The van der Waals surface area contributed by atoms with Crippen molar-refractivity contribution in [2.24, 2.45) is 10.9 Å². The number of aliphatic imine (C=N–C) groups is 1. The molecule has 6 nitrogen and oxygen atoms in total. The van der Waals surface area contributed by atoms with Crippen LogP contribution in [0.25, 0.3) is 0 Å². The molecule has 1 aromatic heterocycles. The molecule has 2 N–H and O–H groups in total. The Balaban J connectivity index is 0.00000288. The van der Waals surface area contributed by atoms with Crippen molar-refractivity contribution < 1.29 is 0 Å². The molecule has 8 heteroatoms. The third-order valence-corrected chi connectivity index (χ3v) is 5.33. The van der Waals surface area contributed by atoms with Crippen molar-refractivity contribution in [3.8, 4) is 0 Å². The average Bonchev–Trinajstić information content (AvgIpc) is 3.10. The van der Waals surface area contributed by atoms with Gasteiger partial charge in [0.2, 0.25) is 0 Å². The summed E-state index contributed by atoms with van der Waals surface area (Å²) in [6, 6.07) is 1.04. The van der Waals surface area contributed by atoms with E-state index in [9.17, 15) is 0 Å². The minimum absolute atomic E-state index is 0. The lowest BCUT2D eigenvalue weighted by atomic mass is 10.1. The van der Waals surface area contributed by atoms with Crippen molar-refractivity contribution in [2.45, 2.75) is 39.4 Å². The molecule has 0 saturated carbocycles. The lowest BCUT2D eigenvalue weighted by Crippen LogP contribution is -2.46. The van der Waals surface area contributed by atoms with Crippen molar-refractivity contribution >= 4 is 46.4 Å². The molecular weight excluding hydrogens is 435 g/mol. The van der Waals surface area contributed by atoms with Crippen molar-refractivity contribution in [3.05, 3.63) is 11.1 Å². The minimum atomic E-state index is 0. The predicted octanol–water partition coefficient (Wildman–Crippen LogP) is 2.22. The summed E-state index contributed by atoms with van der Waals surface area (Å²) in [6.45, 7) is 9.72. The fourth-order valence-corrected chi connectivity index (χ4v) is 3.50. The summed E-state index contributed by atoms with van der Waals surface area (Å²) in [5, 5.41) is 10.1. The molecule has 138 valence electrons. The number of aromatic nitrogens is 1. The fraction of sp³-hybridized carbons (Fsp3) is 0.750. The summed E-state index contributed by atoms with van der Waals surface area (Å²) < 4.78 is 0. The Hall–Kier alpha value is -0.610. The number of guanidine groups is 1. The van der Waals surface area contributed by atoms with Gasteiger partial charge in [-0.25, -0.2) is 4.98 Å². The SMILES string of the molecule is CN=C(NCc1csc(N(C)C)n1)NC1CN(C(C)C)CC1C.I. The molecule has 0 radical (unpaired) electrons. The molecule has 1 aliphatic heterocycles. The third kappa shape index (κ3) is 5.73. The molecule has 1 aliphatic rings. The molecule has 0 aromatic carbocycles. The van der Waals surface area contributed by atoms with Gasteiger partial charge in [-0.3, -0.25) is 9.89 Å². The Morgan fingerprint density at radius 3 is 2.67 bits per heavy atom. The lowest BCUT2D eigenvalue weighted by Gasteiger charge is -2.21. The summed E-state index contributed by atoms with van der Waals surface area (Å²) in [6.07, 6.45) is 0. The fourth-order valence-electron chi connectivity index (χ4n) is 2.74. The monoisotopic (exact) mass is 466 g/mol. The normalized spacial score (nSPS) is 21.7. The Kier molecular flexibility index (Phi) is 8.72. The van der Waals surface area contributed by atoms with Gasteiger partial charge >= 0.3 is 0 Å². The number of halogens is 1. The summed E-state index contributed by atoms with van der Waals surface area (Å²) >= 11 is 1.66. The van der Waals surface area contributed by atoms with Gasteiger partial charge in [-0.1, -0.05) is 6.92 Å². The van der Waals surface area contributed by atoms with Crippen LogP contribution in [0.2, 0.25) is 0 Å². The maximum absolute atomic E-state index is 4.59. The quantitative estimate of drug-likeness (QED) is 0.396. The van der Waals surface area contributed by atoms with Gasteiger partial charge in [-0.2, -0.15) is 0 Å². The van der Waals surface area contributed by atoms with Crippen LogP contribution in [0.3, 0.4) is 0 Å². The largest absolute Gasteiger partial charge is 0.354 e. The average molecular weight is 466 g/mol. The van der Waals surface area contributed by atoms with Gasteiger partial charge in [-0.05, 0) is 19.8 Å². The smallest absolute Gasteiger partial charge is 0.191 e. The van der Waals surface area contributed by atoms with Crippen molar-refractivity contribution in [2.75, 3.05) is 39.1 Å². The zero-order valence-electron chi connectivity index (χ0n) is 15.5. The molecule has 24 heavy (non-hydrogen) atoms. The first-order valence-corrected chi connectivity index (χ1v) is 9.11.